The number of nitrogens with one attached hydrogen (secondary N) is 1. The molecule has 0 radical (unpaired) electrons. The van der Waals surface area contributed by atoms with E-state index < -0.39 is 12.7 Å². The second-order valence-electron chi connectivity index (χ2n) is 6.80. The Morgan fingerprint density at radius 1 is 1.22 bits per heavy atom. The van der Waals surface area contributed by atoms with Gasteiger partial charge in [-0.15, -0.1) is 0 Å². The van der Waals surface area contributed by atoms with Crippen molar-refractivity contribution in [2.75, 3.05) is 46.3 Å². The Balaban J connectivity index is 1.85. The first kappa shape index (κ1) is 18.4. The number of fused-ring (bicyclic) bond motifs is 1. The molecule has 2 atom stereocenters. The molecule has 23 heavy (non-hydrogen) atoms. The van der Waals surface area contributed by atoms with Crippen LogP contribution in [0.15, 0.2) is 4.99 Å². The molecule has 0 spiro atoms. The van der Waals surface area contributed by atoms with E-state index in [1.165, 1.54) is 37.6 Å². The van der Waals surface area contributed by atoms with Gasteiger partial charge in [0.25, 0.3) is 0 Å². The molecule has 0 aromatic carbocycles. The standard InChI is InChI=1S/C16H29F3N4/c1-3-20-15(21-8-9-22(2)12-16(17,18)19)23-10-13-6-4-5-7-14(13)11-23/h13-14H,3-12H2,1-2H3,(H,20,21). The van der Waals surface area contributed by atoms with Crippen LogP contribution in [0, 0.1) is 11.8 Å². The summed E-state index contributed by atoms with van der Waals surface area (Å²) in [4.78, 5) is 8.12. The lowest BCUT2D eigenvalue weighted by molar-refractivity contribution is -0.142. The number of guanidine groups is 1. The van der Waals surface area contributed by atoms with Crippen molar-refractivity contribution in [3.05, 3.63) is 0 Å². The summed E-state index contributed by atoms with van der Waals surface area (Å²) >= 11 is 0. The van der Waals surface area contributed by atoms with Crippen molar-refractivity contribution in [1.29, 1.82) is 0 Å². The maximum Gasteiger partial charge on any atom is 0.401 e. The first-order valence-corrected chi connectivity index (χ1v) is 8.67. The fraction of sp³-hybridized carbons (Fsp3) is 0.938. The van der Waals surface area contributed by atoms with Gasteiger partial charge in [0.1, 0.15) is 0 Å². The summed E-state index contributed by atoms with van der Waals surface area (Å²) in [6, 6.07) is 0. The monoisotopic (exact) mass is 334 g/mol. The first-order chi connectivity index (χ1) is 10.9. The van der Waals surface area contributed by atoms with E-state index >= 15 is 0 Å². The lowest BCUT2D eigenvalue weighted by Gasteiger charge is -2.22. The normalized spacial score (nSPS) is 25.8. The summed E-state index contributed by atoms with van der Waals surface area (Å²) in [5.41, 5.74) is 0. The third-order valence-electron chi connectivity index (χ3n) is 4.80. The van der Waals surface area contributed by atoms with Crippen molar-refractivity contribution in [2.24, 2.45) is 16.8 Å². The first-order valence-electron chi connectivity index (χ1n) is 8.67. The molecule has 0 amide bonds. The van der Waals surface area contributed by atoms with Crippen LogP contribution < -0.4 is 5.32 Å². The van der Waals surface area contributed by atoms with Crippen molar-refractivity contribution in [3.63, 3.8) is 0 Å². The number of aliphatic imine (C=N–C) groups is 1. The topological polar surface area (TPSA) is 30.9 Å². The third kappa shape index (κ3) is 5.86. The summed E-state index contributed by atoms with van der Waals surface area (Å²) in [7, 11) is 1.49. The minimum absolute atomic E-state index is 0.315. The number of alkyl halides is 3. The molecule has 1 saturated heterocycles. The fourth-order valence-electron chi connectivity index (χ4n) is 3.72. The van der Waals surface area contributed by atoms with Crippen molar-refractivity contribution < 1.29 is 13.2 Å². The van der Waals surface area contributed by atoms with E-state index in [0.717, 1.165) is 37.4 Å². The molecule has 134 valence electrons. The largest absolute Gasteiger partial charge is 0.401 e. The molecule has 1 N–H and O–H groups in total. The third-order valence-corrected chi connectivity index (χ3v) is 4.80. The average Bonchev–Trinajstić information content (AvgIpc) is 2.88. The molecule has 0 bridgehead atoms. The second kappa shape index (κ2) is 8.22. The molecule has 0 aromatic rings. The van der Waals surface area contributed by atoms with E-state index in [1.54, 1.807) is 0 Å². The van der Waals surface area contributed by atoms with Gasteiger partial charge >= 0.3 is 6.18 Å². The lowest BCUT2D eigenvalue weighted by atomic mass is 9.82. The zero-order valence-corrected chi connectivity index (χ0v) is 14.2. The summed E-state index contributed by atoms with van der Waals surface area (Å²) in [5.74, 6) is 2.39. The van der Waals surface area contributed by atoms with Crippen LogP contribution in [0.4, 0.5) is 13.2 Å². The second-order valence-corrected chi connectivity index (χ2v) is 6.80. The van der Waals surface area contributed by atoms with Crippen molar-refractivity contribution in [1.82, 2.24) is 15.1 Å². The number of hydrogen-bond donors (Lipinski definition) is 1. The van der Waals surface area contributed by atoms with Crippen LogP contribution in [0.2, 0.25) is 0 Å². The van der Waals surface area contributed by atoms with Gasteiger partial charge in [0.2, 0.25) is 0 Å². The van der Waals surface area contributed by atoms with E-state index in [9.17, 15) is 13.2 Å². The highest BCUT2D eigenvalue weighted by Crippen LogP contribution is 2.35. The van der Waals surface area contributed by atoms with Crippen LogP contribution in [0.25, 0.3) is 0 Å². The Labute approximate surface area is 137 Å². The lowest BCUT2D eigenvalue weighted by Crippen LogP contribution is -2.41. The maximum absolute atomic E-state index is 12.3. The summed E-state index contributed by atoms with van der Waals surface area (Å²) < 4.78 is 37.0. The molecule has 0 aromatic heterocycles. The van der Waals surface area contributed by atoms with Gasteiger partial charge in [-0.05, 0) is 38.6 Å². The van der Waals surface area contributed by atoms with E-state index in [2.05, 4.69) is 15.2 Å². The molecule has 7 heteroatoms. The zero-order chi connectivity index (χ0) is 16.9. The van der Waals surface area contributed by atoms with Gasteiger partial charge in [0.05, 0.1) is 13.1 Å². The number of likely N-dealkylation sites (N-methyl/N-ethyl adjacent to an activating group) is 1. The Bertz CT molecular complexity index is 383. The van der Waals surface area contributed by atoms with Crippen LogP contribution in [0.5, 0.6) is 0 Å². The van der Waals surface area contributed by atoms with Gasteiger partial charge in [0, 0.05) is 26.2 Å². The van der Waals surface area contributed by atoms with E-state index in [0.29, 0.717) is 13.1 Å². The predicted octanol–water partition coefficient (Wildman–Crippen LogP) is 2.57. The van der Waals surface area contributed by atoms with Gasteiger partial charge in [-0.3, -0.25) is 9.89 Å². The summed E-state index contributed by atoms with van der Waals surface area (Å²) in [5, 5.41) is 3.29. The number of halogens is 3. The number of rotatable bonds is 5. The van der Waals surface area contributed by atoms with Gasteiger partial charge in [-0.25, -0.2) is 0 Å². The van der Waals surface area contributed by atoms with E-state index in [-0.39, 0.29) is 0 Å². The highest BCUT2D eigenvalue weighted by atomic mass is 19.4. The van der Waals surface area contributed by atoms with Gasteiger partial charge in [0.15, 0.2) is 5.96 Å². The van der Waals surface area contributed by atoms with Crippen LogP contribution in [0.1, 0.15) is 32.6 Å². The molecule has 4 nitrogen and oxygen atoms in total. The molecule has 2 fully saturated rings. The Hall–Kier alpha value is -0.980. The number of likely N-dealkylation sites (tertiary alicyclic amines) is 1. The van der Waals surface area contributed by atoms with Gasteiger partial charge in [-0.2, -0.15) is 13.2 Å². The van der Waals surface area contributed by atoms with E-state index in [4.69, 9.17) is 0 Å². The minimum Gasteiger partial charge on any atom is -0.357 e. The molecule has 1 aliphatic carbocycles. The van der Waals surface area contributed by atoms with Crippen molar-refractivity contribution in [3.8, 4) is 0 Å². The van der Waals surface area contributed by atoms with Crippen LogP contribution >= 0.6 is 0 Å². The fourth-order valence-corrected chi connectivity index (χ4v) is 3.72. The molecule has 2 unspecified atom stereocenters. The quantitative estimate of drug-likeness (QED) is 0.619. The molecular weight excluding hydrogens is 305 g/mol. The Morgan fingerprint density at radius 3 is 2.35 bits per heavy atom. The van der Waals surface area contributed by atoms with Crippen LogP contribution in [-0.4, -0.2) is 68.3 Å². The Kier molecular flexibility index (Phi) is 6.56. The van der Waals surface area contributed by atoms with Crippen LogP contribution in [-0.2, 0) is 0 Å². The molecule has 1 aliphatic heterocycles. The average molecular weight is 334 g/mol. The maximum atomic E-state index is 12.3. The Morgan fingerprint density at radius 2 is 1.83 bits per heavy atom. The molecule has 2 rings (SSSR count). The van der Waals surface area contributed by atoms with Gasteiger partial charge in [-0.1, -0.05) is 12.8 Å². The predicted molar refractivity (Wildman–Crippen MR) is 86.6 cm³/mol. The molecular formula is C16H29F3N4. The van der Waals surface area contributed by atoms with Gasteiger partial charge < -0.3 is 10.2 Å². The minimum atomic E-state index is -4.15. The molecule has 2 aliphatic rings. The molecule has 1 saturated carbocycles. The SMILES string of the molecule is CCNC(=NCCN(C)CC(F)(F)F)N1CC2CCCCC2C1. The zero-order valence-electron chi connectivity index (χ0n) is 14.2. The summed E-state index contributed by atoms with van der Waals surface area (Å²) in [6.07, 6.45) is 1.10. The van der Waals surface area contributed by atoms with E-state index in [1.807, 2.05) is 6.92 Å². The van der Waals surface area contributed by atoms with Crippen molar-refractivity contribution >= 4 is 5.96 Å². The molecule has 1 heterocycles. The highest BCUT2D eigenvalue weighted by molar-refractivity contribution is 5.80. The smallest absolute Gasteiger partial charge is 0.357 e. The van der Waals surface area contributed by atoms with Crippen molar-refractivity contribution in [2.45, 2.75) is 38.8 Å². The number of hydrogen-bond acceptors (Lipinski definition) is 2. The van der Waals surface area contributed by atoms with Crippen LogP contribution in [0.3, 0.4) is 0 Å². The number of nitrogens with zero attached hydrogens (tertiary/aromatic N) is 3. The highest BCUT2D eigenvalue weighted by Gasteiger charge is 2.35. The summed E-state index contributed by atoms with van der Waals surface area (Å²) in [6.45, 7) is 4.70.